The Morgan fingerprint density at radius 2 is 1.83 bits per heavy atom. The Morgan fingerprint density at radius 3 is 2.60 bits per heavy atom. The summed E-state index contributed by atoms with van der Waals surface area (Å²) in [7, 11) is 3.16. The zero-order valence-corrected chi connectivity index (χ0v) is 17.1. The van der Waals surface area contributed by atoms with E-state index in [9.17, 15) is 14.4 Å². The molecule has 3 rings (SSSR count). The molecular formula is C22H25N3O5. The number of nitrogens with zero attached hydrogens (tertiary/aromatic N) is 1. The number of fused-ring (bicyclic) bond motifs is 1. The number of hydrogen-bond donors (Lipinski definition) is 2. The lowest BCUT2D eigenvalue weighted by atomic mass is 10.1. The third-order valence-electron chi connectivity index (χ3n) is 4.86. The van der Waals surface area contributed by atoms with Crippen molar-refractivity contribution in [2.24, 2.45) is 0 Å². The van der Waals surface area contributed by atoms with Crippen LogP contribution >= 0.6 is 0 Å². The second-order valence-corrected chi connectivity index (χ2v) is 6.83. The lowest BCUT2D eigenvalue weighted by Gasteiger charge is -2.10. The highest BCUT2D eigenvalue weighted by Crippen LogP contribution is 2.27. The Labute approximate surface area is 173 Å². The van der Waals surface area contributed by atoms with Crippen molar-refractivity contribution in [2.75, 3.05) is 20.8 Å². The van der Waals surface area contributed by atoms with Crippen molar-refractivity contribution in [3.8, 4) is 11.5 Å². The maximum absolute atomic E-state index is 12.5. The Hall–Kier alpha value is -3.55. The first kappa shape index (κ1) is 21.2. The molecule has 1 heterocycles. The molecule has 0 aliphatic rings. The van der Waals surface area contributed by atoms with Crippen molar-refractivity contribution in [1.82, 2.24) is 14.9 Å². The van der Waals surface area contributed by atoms with Gasteiger partial charge in [-0.3, -0.25) is 14.2 Å². The molecule has 0 saturated heterocycles. The number of ether oxygens (including phenoxy) is 2. The summed E-state index contributed by atoms with van der Waals surface area (Å²) in [5, 5.41) is 3.31. The van der Waals surface area contributed by atoms with Crippen molar-refractivity contribution in [1.29, 1.82) is 0 Å². The van der Waals surface area contributed by atoms with Crippen LogP contribution in [0.5, 0.6) is 11.5 Å². The zero-order valence-electron chi connectivity index (χ0n) is 17.1. The minimum atomic E-state index is -0.465. The van der Waals surface area contributed by atoms with Crippen LogP contribution in [0.15, 0.2) is 52.1 Å². The number of nitrogens with one attached hydrogen (secondary N) is 2. The maximum atomic E-state index is 12.5. The van der Waals surface area contributed by atoms with Gasteiger partial charge in [0, 0.05) is 19.5 Å². The smallest absolute Gasteiger partial charge is 0.328 e. The number of para-hydroxylation sites is 1. The molecule has 3 aromatic rings. The second kappa shape index (κ2) is 9.78. The van der Waals surface area contributed by atoms with Gasteiger partial charge in [-0.2, -0.15) is 0 Å². The van der Waals surface area contributed by atoms with Crippen LogP contribution in [0.1, 0.15) is 18.4 Å². The highest BCUT2D eigenvalue weighted by molar-refractivity contribution is 5.77. The number of carbonyl (C=O) groups is 1. The summed E-state index contributed by atoms with van der Waals surface area (Å²) in [6, 6.07) is 12.5. The first-order valence-corrected chi connectivity index (χ1v) is 9.73. The fraction of sp³-hybridized carbons (Fsp3) is 0.318. The van der Waals surface area contributed by atoms with Crippen LogP contribution in [0.2, 0.25) is 0 Å². The molecule has 0 radical (unpaired) electrons. The Bertz CT molecular complexity index is 1150. The van der Waals surface area contributed by atoms with Gasteiger partial charge in [-0.15, -0.1) is 0 Å². The van der Waals surface area contributed by atoms with Gasteiger partial charge >= 0.3 is 5.69 Å². The van der Waals surface area contributed by atoms with Crippen molar-refractivity contribution >= 4 is 16.8 Å². The Morgan fingerprint density at radius 1 is 1.07 bits per heavy atom. The van der Waals surface area contributed by atoms with Gasteiger partial charge in [0.1, 0.15) is 0 Å². The fourth-order valence-corrected chi connectivity index (χ4v) is 3.27. The van der Waals surface area contributed by atoms with E-state index in [1.165, 1.54) is 0 Å². The van der Waals surface area contributed by atoms with Crippen molar-refractivity contribution in [3.63, 3.8) is 0 Å². The average molecular weight is 411 g/mol. The van der Waals surface area contributed by atoms with Crippen LogP contribution in [-0.4, -0.2) is 36.2 Å². The minimum absolute atomic E-state index is 0.124. The lowest BCUT2D eigenvalue weighted by molar-refractivity contribution is -0.121. The normalized spacial score (nSPS) is 10.7. The van der Waals surface area contributed by atoms with E-state index in [0.717, 1.165) is 10.1 Å². The Balaban J connectivity index is 1.49. The summed E-state index contributed by atoms with van der Waals surface area (Å²) in [6.45, 7) is 0.660. The summed E-state index contributed by atoms with van der Waals surface area (Å²) in [4.78, 5) is 39.4. The van der Waals surface area contributed by atoms with Gasteiger partial charge in [0.05, 0.1) is 25.1 Å². The number of methoxy groups -OCH3 is 2. The first-order valence-electron chi connectivity index (χ1n) is 9.73. The first-order chi connectivity index (χ1) is 14.5. The van der Waals surface area contributed by atoms with Crippen molar-refractivity contribution in [3.05, 3.63) is 68.9 Å². The molecular weight excluding hydrogens is 386 g/mol. The predicted octanol–water partition coefficient (Wildman–Crippen LogP) is 1.85. The van der Waals surface area contributed by atoms with Gasteiger partial charge in [-0.05, 0) is 42.7 Å². The van der Waals surface area contributed by atoms with Gasteiger partial charge in [-0.25, -0.2) is 4.79 Å². The van der Waals surface area contributed by atoms with Crippen LogP contribution < -0.4 is 26.0 Å². The molecule has 2 aromatic carbocycles. The molecule has 1 aromatic heterocycles. The number of aromatic amines is 1. The number of H-pyrrole nitrogens is 1. The van der Waals surface area contributed by atoms with Crippen LogP contribution in [-0.2, 0) is 17.8 Å². The third-order valence-corrected chi connectivity index (χ3v) is 4.86. The molecule has 8 nitrogen and oxygen atoms in total. The summed E-state index contributed by atoms with van der Waals surface area (Å²) in [5.41, 5.74) is 0.717. The molecule has 0 atom stereocenters. The third kappa shape index (κ3) is 4.89. The van der Waals surface area contributed by atoms with Gasteiger partial charge in [0.15, 0.2) is 11.5 Å². The van der Waals surface area contributed by atoms with Crippen LogP contribution in [0, 0.1) is 0 Å². The molecule has 0 bridgehead atoms. The number of aromatic nitrogens is 2. The topological polar surface area (TPSA) is 102 Å². The lowest BCUT2D eigenvalue weighted by Crippen LogP contribution is -2.35. The summed E-state index contributed by atoms with van der Waals surface area (Å²) in [5.74, 6) is 1.18. The molecule has 0 fully saturated rings. The molecule has 158 valence electrons. The van der Waals surface area contributed by atoms with Crippen LogP contribution in [0.25, 0.3) is 10.9 Å². The zero-order chi connectivity index (χ0) is 21.5. The van der Waals surface area contributed by atoms with Crippen molar-refractivity contribution < 1.29 is 14.3 Å². The highest BCUT2D eigenvalue weighted by Gasteiger charge is 2.09. The summed E-state index contributed by atoms with van der Waals surface area (Å²) in [6.07, 6.45) is 1.27. The molecule has 0 spiro atoms. The van der Waals surface area contributed by atoms with Gasteiger partial charge < -0.3 is 19.8 Å². The number of benzene rings is 2. The van der Waals surface area contributed by atoms with Gasteiger partial charge in [0.25, 0.3) is 5.56 Å². The molecule has 2 N–H and O–H groups in total. The second-order valence-electron chi connectivity index (χ2n) is 6.83. The number of rotatable bonds is 9. The minimum Gasteiger partial charge on any atom is -0.493 e. The molecule has 0 saturated carbocycles. The van der Waals surface area contributed by atoms with E-state index >= 15 is 0 Å². The average Bonchev–Trinajstić information content (AvgIpc) is 2.75. The number of hydrogen-bond acceptors (Lipinski definition) is 5. The fourth-order valence-electron chi connectivity index (χ4n) is 3.27. The van der Waals surface area contributed by atoms with Crippen LogP contribution in [0.4, 0.5) is 0 Å². The van der Waals surface area contributed by atoms with E-state index in [2.05, 4.69) is 10.3 Å². The standard InChI is InChI=1S/C22H25N3O5/c1-29-18-10-9-15(14-19(18)30-2)11-12-23-20(26)8-5-13-25-21(27)16-6-3-4-7-17(16)24-22(25)28/h3-4,6-7,9-10,14H,5,8,11-13H2,1-2H3,(H,23,26)(H,24,28). The maximum Gasteiger partial charge on any atom is 0.328 e. The largest absolute Gasteiger partial charge is 0.493 e. The summed E-state index contributed by atoms with van der Waals surface area (Å²) >= 11 is 0. The predicted molar refractivity (Wildman–Crippen MR) is 114 cm³/mol. The number of amides is 1. The van der Waals surface area contributed by atoms with E-state index in [1.807, 2.05) is 18.2 Å². The quantitative estimate of drug-likeness (QED) is 0.559. The molecule has 30 heavy (non-hydrogen) atoms. The van der Waals surface area contributed by atoms with E-state index in [-0.39, 0.29) is 24.4 Å². The van der Waals surface area contributed by atoms with Crippen molar-refractivity contribution in [2.45, 2.75) is 25.8 Å². The number of carbonyl (C=O) groups excluding carboxylic acids is 1. The molecule has 1 amide bonds. The molecule has 0 unspecified atom stereocenters. The highest BCUT2D eigenvalue weighted by atomic mass is 16.5. The van der Waals surface area contributed by atoms with E-state index in [4.69, 9.17) is 9.47 Å². The molecule has 0 aliphatic carbocycles. The van der Waals surface area contributed by atoms with Gasteiger partial charge in [0.2, 0.25) is 5.91 Å². The monoisotopic (exact) mass is 411 g/mol. The SMILES string of the molecule is COc1ccc(CCNC(=O)CCCn2c(=O)[nH]c3ccccc3c2=O)cc1OC. The Kier molecular flexibility index (Phi) is 6.90. The van der Waals surface area contributed by atoms with Crippen LogP contribution in [0.3, 0.4) is 0 Å². The van der Waals surface area contributed by atoms with E-state index in [1.54, 1.807) is 38.5 Å². The molecule has 8 heteroatoms. The van der Waals surface area contributed by atoms with Gasteiger partial charge in [-0.1, -0.05) is 18.2 Å². The van der Waals surface area contributed by atoms with E-state index in [0.29, 0.717) is 41.8 Å². The summed E-state index contributed by atoms with van der Waals surface area (Å²) < 4.78 is 11.6. The molecule has 0 aliphatic heterocycles. The van der Waals surface area contributed by atoms with E-state index < -0.39 is 5.69 Å².